The van der Waals surface area contributed by atoms with Crippen LogP contribution in [-0.4, -0.2) is 43.8 Å². The maximum atomic E-state index is 11.9. The van der Waals surface area contributed by atoms with Crippen LogP contribution in [0.4, 0.5) is 13.2 Å². The number of nitrogens with zero attached hydrogens (tertiary/aromatic N) is 1. The van der Waals surface area contributed by atoms with E-state index in [-0.39, 0.29) is 6.54 Å². The Morgan fingerprint density at radius 2 is 1.88 bits per heavy atom. The summed E-state index contributed by atoms with van der Waals surface area (Å²) in [6.45, 7) is 5.91. The second kappa shape index (κ2) is 7.90. The molecule has 0 aromatic heterocycles. The minimum atomic E-state index is -4.04. The third-order valence-electron chi connectivity index (χ3n) is 2.46. The van der Waals surface area contributed by atoms with Gasteiger partial charge in [-0.3, -0.25) is 0 Å². The molecule has 0 bridgehead atoms. The van der Waals surface area contributed by atoms with Crippen LogP contribution in [0.1, 0.15) is 33.1 Å². The highest BCUT2D eigenvalue weighted by atomic mass is 19.4. The standard InChI is InChI=1S/C11H23F3N2/c1-4-7-15-10(2)5-8-16(3)9-6-11(12,13)14/h10,15H,4-9H2,1-3H3. The predicted molar refractivity (Wildman–Crippen MR) is 60.5 cm³/mol. The molecule has 16 heavy (non-hydrogen) atoms. The Balaban J connectivity index is 3.53. The third-order valence-corrected chi connectivity index (χ3v) is 2.46. The minimum Gasteiger partial charge on any atom is -0.314 e. The molecule has 0 aromatic rings. The van der Waals surface area contributed by atoms with Gasteiger partial charge in [0.15, 0.2) is 0 Å². The number of nitrogens with one attached hydrogen (secondary N) is 1. The highest BCUT2D eigenvalue weighted by Gasteiger charge is 2.26. The molecule has 0 fully saturated rings. The van der Waals surface area contributed by atoms with Crippen LogP contribution < -0.4 is 5.32 Å². The van der Waals surface area contributed by atoms with E-state index >= 15 is 0 Å². The molecular formula is C11H23F3N2. The molecule has 0 aliphatic carbocycles. The van der Waals surface area contributed by atoms with Gasteiger partial charge in [-0.05, 0) is 39.9 Å². The molecule has 0 saturated heterocycles. The summed E-state index contributed by atoms with van der Waals surface area (Å²) in [6, 6.07) is 0.369. The van der Waals surface area contributed by atoms with Crippen molar-refractivity contribution >= 4 is 0 Å². The van der Waals surface area contributed by atoms with Crippen LogP contribution in [0.2, 0.25) is 0 Å². The lowest BCUT2D eigenvalue weighted by molar-refractivity contribution is -0.137. The van der Waals surface area contributed by atoms with Gasteiger partial charge in [-0.15, -0.1) is 0 Å². The van der Waals surface area contributed by atoms with E-state index in [1.165, 1.54) is 0 Å². The van der Waals surface area contributed by atoms with Gasteiger partial charge in [0.2, 0.25) is 0 Å². The second-order valence-electron chi connectivity index (χ2n) is 4.31. The van der Waals surface area contributed by atoms with Gasteiger partial charge in [0.25, 0.3) is 0 Å². The fraction of sp³-hybridized carbons (Fsp3) is 1.00. The van der Waals surface area contributed by atoms with Crippen molar-refractivity contribution in [3.05, 3.63) is 0 Å². The van der Waals surface area contributed by atoms with Crippen molar-refractivity contribution in [2.24, 2.45) is 0 Å². The molecule has 98 valence electrons. The maximum Gasteiger partial charge on any atom is 0.390 e. The maximum absolute atomic E-state index is 11.9. The zero-order valence-electron chi connectivity index (χ0n) is 10.4. The molecule has 0 aromatic carbocycles. The van der Waals surface area contributed by atoms with Gasteiger partial charge in [-0.1, -0.05) is 6.92 Å². The highest BCUT2D eigenvalue weighted by Crippen LogP contribution is 2.19. The van der Waals surface area contributed by atoms with Gasteiger partial charge in [0.1, 0.15) is 0 Å². The van der Waals surface area contributed by atoms with Gasteiger partial charge < -0.3 is 10.2 Å². The number of hydrogen-bond acceptors (Lipinski definition) is 2. The molecule has 1 N–H and O–H groups in total. The molecule has 1 atom stereocenters. The van der Waals surface area contributed by atoms with Crippen molar-refractivity contribution in [3.63, 3.8) is 0 Å². The summed E-state index contributed by atoms with van der Waals surface area (Å²) in [5.74, 6) is 0. The normalized spacial score (nSPS) is 14.4. The number of halogens is 3. The summed E-state index contributed by atoms with van der Waals surface area (Å²) >= 11 is 0. The minimum absolute atomic E-state index is 0.0873. The van der Waals surface area contributed by atoms with E-state index in [4.69, 9.17) is 0 Å². The van der Waals surface area contributed by atoms with Crippen LogP contribution >= 0.6 is 0 Å². The molecular weight excluding hydrogens is 217 g/mol. The molecule has 0 heterocycles. The quantitative estimate of drug-likeness (QED) is 0.701. The van der Waals surface area contributed by atoms with Gasteiger partial charge in [0.05, 0.1) is 6.42 Å². The van der Waals surface area contributed by atoms with E-state index in [1.54, 1.807) is 11.9 Å². The topological polar surface area (TPSA) is 15.3 Å². The van der Waals surface area contributed by atoms with Crippen molar-refractivity contribution in [2.45, 2.75) is 45.3 Å². The predicted octanol–water partition coefficient (Wildman–Crippen LogP) is 2.65. The van der Waals surface area contributed by atoms with Crippen molar-refractivity contribution in [1.29, 1.82) is 0 Å². The van der Waals surface area contributed by atoms with E-state index in [2.05, 4.69) is 19.2 Å². The van der Waals surface area contributed by atoms with Crippen LogP contribution in [0.5, 0.6) is 0 Å². The average Bonchev–Trinajstić information content (AvgIpc) is 2.19. The van der Waals surface area contributed by atoms with Gasteiger partial charge in [-0.2, -0.15) is 13.2 Å². The summed E-state index contributed by atoms with van der Waals surface area (Å²) in [4.78, 5) is 1.73. The second-order valence-corrected chi connectivity index (χ2v) is 4.31. The summed E-state index contributed by atoms with van der Waals surface area (Å²) in [5, 5.41) is 3.31. The zero-order valence-corrected chi connectivity index (χ0v) is 10.4. The fourth-order valence-electron chi connectivity index (χ4n) is 1.34. The molecule has 0 amide bonds. The van der Waals surface area contributed by atoms with Crippen molar-refractivity contribution in [2.75, 3.05) is 26.7 Å². The summed E-state index contributed by atoms with van der Waals surface area (Å²) in [5.41, 5.74) is 0. The first-order valence-corrected chi connectivity index (χ1v) is 5.84. The van der Waals surface area contributed by atoms with Crippen LogP contribution in [0.3, 0.4) is 0 Å². The van der Waals surface area contributed by atoms with E-state index in [9.17, 15) is 13.2 Å². The lowest BCUT2D eigenvalue weighted by atomic mass is 10.2. The molecule has 0 saturated carbocycles. The van der Waals surface area contributed by atoms with E-state index in [0.717, 1.165) is 19.4 Å². The van der Waals surface area contributed by atoms with Crippen LogP contribution in [0.25, 0.3) is 0 Å². The zero-order chi connectivity index (χ0) is 12.6. The lowest BCUT2D eigenvalue weighted by Gasteiger charge is -2.20. The summed E-state index contributed by atoms with van der Waals surface area (Å²) in [6.07, 6.45) is -2.80. The van der Waals surface area contributed by atoms with E-state index < -0.39 is 12.6 Å². The Bertz CT molecular complexity index is 171. The third kappa shape index (κ3) is 10.2. The first kappa shape index (κ1) is 15.7. The van der Waals surface area contributed by atoms with Crippen LogP contribution in [0, 0.1) is 0 Å². The Kier molecular flexibility index (Phi) is 7.76. The Morgan fingerprint density at radius 1 is 1.25 bits per heavy atom. The van der Waals surface area contributed by atoms with Crippen molar-refractivity contribution < 1.29 is 13.2 Å². The van der Waals surface area contributed by atoms with E-state index in [1.807, 2.05) is 0 Å². The Labute approximate surface area is 96.2 Å². The molecule has 0 spiro atoms. The molecule has 0 radical (unpaired) electrons. The van der Waals surface area contributed by atoms with Crippen molar-refractivity contribution in [3.8, 4) is 0 Å². The van der Waals surface area contributed by atoms with Crippen LogP contribution in [-0.2, 0) is 0 Å². The average molecular weight is 240 g/mol. The van der Waals surface area contributed by atoms with Crippen LogP contribution in [0.15, 0.2) is 0 Å². The van der Waals surface area contributed by atoms with Gasteiger partial charge in [0, 0.05) is 12.6 Å². The largest absolute Gasteiger partial charge is 0.390 e. The SMILES string of the molecule is CCCNC(C)CCN(C)CCC(F)(F)F. The smallest absolute Gasteiger partial charge is 0.314 e. The molecule has 0 aliphatic heterocycles. The molecule has 0 rings (SSSR count). The Hall–Kier alpha value is -0.290. The van der Waals surface area contributed by atoms with Gasteiger partial charge in [-0.25, -0.2) is 0 Å². The van der Waals surface area contributed by atoms with E-state index in [0.29, 0.717) is 12.6 Å². The highest BCUT2D eigenvalue weighted by molar-refractivity contribution is 4.64. The van der Waals surface area contributed by atoms with Crippen molar-refractivity contribution in [1.82, 2.24) is 10.2 Å². The number of hydrogen-bond donors (Lipinski definition) is 1. The molecule has 5 heteroatoms. The monoisotopic (exact) mass is 240 g/mol. The summed E-state index contributed by atoms with van der Waals surface area (Å²) in [7, 11) is 1.73. The lowest BCUT2D eigenvalue weighted by Crippen LogP contribution is -2.32. The molecule has 2 nitrogen and oxygen atoms in total. The first-order valence-electron chi connectivity index (χ1n) is 5.84. The summed E-state index contributed by atoms with van der Waals surface area (Å²) < 4.78 is 35.8. The molecule has 1 unspecified atom stereocenters. The number of rotatable bonds is 8. The van der Waals surface area contributed by atoms with Gasteiger partial charge >= 0.3 is 6.18 Å². The fourth-order valence-corrected chi connectivity index (χ4v) is 1.34. The number of alkyl halides is 3. The first-order chi connectivity index (χ1) is 7.35. The molecule has 0 aliphatic rings. The Morgan fingerprint density at radius 3 is 2.38 bits per heavy atom.